The molecule has 0 unspecified atom stereocenters. The fourth-order valence-electron chi connectivity index (χ4n) is 2.63. The van der Waals surface area contributed by atoms with Gasteiger partial charge in [0, 0.05) is 0 Å². The summed E-state index contributed by atoms with van der Waals surface area (Å²) in [5, 5.41) is 12.4. The second-order valence-corrected chi connectivity index (χ2v) is 6.19. The molecule has 1 aliphatic rings. The summed E-state index contributed by atoms with van der Waals surface area (Å²) in [5.74, 6) is 0.614. The van der Waals surface area contributed by atoms with E-state index >= 15 is 0 Å². The second kappa shape index (κ2) is 6.01. The Hall–Kier alpha value is -1.01. The summed E-state index contributed by atoms with van der Waals surface area (Å²) in [4.78, 5) is 3.90. The maximum Gasteiger partial charge on any atom is 0.416 e. The molecule has 0 bridgehead atoms. The van der Waals surface area contributed by atoms with E-state index in [1.54, 1.807) is 0 Å². The predicted octanol–water partition coefficient (Wildman–Crippen LogP) is 4.11. The highest BCUT2D eigenvalue weighted by Crippen LogP contribution is 2.36. The van der Waals surface area contributed by atoms with E-state index in [9.17, 15) is 18.3 Å². The lowest BCUT2D eigenvalue weighted by atomic mass is 9.77. The smallest absolute Gasteiger partial charge is 0.394 e. The second-order valence-electron chi connectivity index (χ2n) is 5.81. The molecule has 1 saturated carbocycles. The van der Waals surface area contributed by atoms with Crippen LogP contribution in [0.25, 0.3) is 0 Å². The number of hydrogen-bond donors (Lipinski definition) is 2. The van der Waals surface area contributed by atoms with Gasteiger partial charge in [-0.3, -0.25) is 0 Å². The zero-order valence-electron chi connectivity index (χ0n) is 11.7. The molecule has 1 aliphatic carbocycles. The van der Waals surface area contributed by atoms with Crippen LogP contribution in [0.3, 0.4) is 0 Å². The fraction of sp³-hybridized carbons (Fsp3) is 0.643. The zero-order valence-corrected chi connectivity index (χ0v) is 12.4. The molecule has 118 valence electrons. The zero-order chi connectivity index (χ0) is 15.7. The first-order valence-corrected chi connectivity index (χ1v) is 7.26. The van der Waals surface area contributed by atoms with Crippen LogP contribution in [0, 0.1) is 5.92 Å². The molecular weight excluding hydrogens is 305 g/mol. The Morgan fingerprint density at radius 1 is 1.38 bits per heavy atom. The van der Waals surface area contributed by atoms with Crippen molar-refractivity contribution in [3.8, 4) is 0 Å². The molecule has 2 rings (SSSR count). The summed E-state index contributed by atoms with van der Waals surface area (Å²) >= 11 is 5.67. The predicted molar refractivity (Wildman–Crippen MR) is 75.3 cm³/mol. The molecule has 0 radical (unpaired) electrons. The number of halogens is 4. The number of pyridine rings is 1. The van der Waals surface area contributed by atoms with Gasteiger partial charge in [0.1, 0.15) is 11.0 Å². The Morgan fingerprint density at radius 3 is 2.52 bits per heavy atom. The van der Waals surface area contributed by atoms with Crippen LogP contribution in [0.4, 0.5) is 19.0 Å². The third-order valence-electron chi connectivity index (χ3n) is 4.05. The van der Waals surface area contributed by atoms with E-state index in [0.29, 0.717) is 18.8 Å². The minimum atomic E-state index is -4.48. The van der Waals surface area contributed by atoms with Gasteiger partial charge >= 0.3 is 6.18 Å². The number of aliphatic hydroxyl groups is 1. The molecule has 21 heavy (non-hydrogen) atoms. The van der Waals surface area contributed by atoms with Crippen molar-refractivity contribution in [2.75, 3.05) is 11.9 Å². The van der Waals surface area contributed by atoms with E-state index in [1.807, 2.05) is 0 Å². The number of aromatic nitrogens is 1. The van der Waals surface area contributed by atoms with E-state index in [4.69, 9.17) is 11.6 Å². The first kappa shape index (κ1) is 16.4. The van der Waals surface area contributed by atoms with E-state index in [1.165, 1.54) is 0 Å². The molecule has 1 fully saturated rings. The van der Waals surface area contributed by atoms with Crippen LogP contribution >= 0.6 is 11.6 Å². The van der Waals surface area contributed by atoms with Crippen molar-refractivity contribution in [2.45, 2.75) is 44.3 Å². The first-order chi connectivity index (χ1) is 9.74. The van der Waals surface area contributed by atoms with Crippen molar-refractivity contribution < 1.29 is 18.3 Å². The van der Waals surface area contributed by atoms with Crippen molar-refractivity contribution in [1.29, 1.82) is 0 Å². The van der Waals surface area contributed by atoms with Gasteiger partial charge in [0.25, 0.3) is 0 Å². The van der Waals surface area contributed by atoms with E-state index in [2.05, 4.69) is 17.2 Å². The molecule has 3 nitrogen and oxygen atoms in total. The van der Waals surface area contributed by atoms with Gasteiger partial charge in [-0.2, -0.15) is 13.2 Å². The molecule has 1 aromatic heterocycles. The maximum absolute atomic E-state index is 12.8. The molecule has 0 amide bonds. The summed E-state index contributed by atoms with van der Waals surface area (Å²) in [6.45, 7) is 1.98. The van der Waals surface area contributed by atoms with Crippen molar-refractivity contribution in [1.82, 2.24) is 4.98 Å². The maximum atomic E-state index is 12.8. The lowest BCUT2D eigenvalue weighted by Gasteiger charge is -2.39. The third-order valence-corrected chi connectivity index (χ3v) is 4.24. The number of anilines is 1. The van der Waals surface area contributed by atoms with E-state index in [0.717, 1.165) is 25.0 Å². The van der Waals surface area contributed by atoms with Gasteiger partial charge in [-0.1, -0.05) is 18.5 Å². The van der Waals surface area contributed by atoms with Crippen LogP contribution in [-0.2, 0) is 6.18 Å². The van der Waals surface area contributed by atoms with Crippen LogP contribution in [-0.4, -0.2) is 22.2 Å². The number of nitrogens with zero attached hydrogens (tertiary/aromatic N) is 1. The summed E-state index contributed by atoms with van der Waals surface area (Å²) < 4.78 is 38.4. The summed E-state index contributed by atoms with van der Waals surface area (Å²) in [6, 6.07) is 1.72. The molecule has 1 heterocycles. The number of aliphatic hydroxyl groups excluding tert-OH is 1. The van der Waals surface area contributed by atoms with Crippen LogP contribution < -0.4 is 5.32 Å². The molecule has 2 N–H and O–H groups in total. The standard InChI is InChI=1S/C14H18ClF3N2O/c1-9-2-4-13(8-21,5-3-9)20-12-7-10(14(16,17)18)6-11(15)19-12/h6-7,9,21H,2-5,8H2,1H3,(H,19,20). The fourth-order valence-corrected chi connectivity index (χ4v) is 2.84. The Morgan fingerprint density at radius 2 is 2.00 bits per heavy atom. The number of hydrogen-bond acceptors (Lipinski definition) is 3. The molecule has 1 aromatic rings. The highest BCUT2D eigenvalue weighted by atomic mass is 35.5. The minimum absolute atomic E-state index is 0.0541. The Labute approximate surface area is 126 Å². The van der Waals surface area contributed by atoms with Gasteiger partial charge in [-0.05, 0) is 43.7 Å². The number of rotatable bonds is 3. The first-order valence-electron chi connectivity index (χ1n) is 6.88. The average Bonchev–Trinajstić information content (AvgIpc) is 2.40. The normalized spacial score (nSPS) is 26.7. The summed E-state index contributed by atoms with van der Waals surface area (Å²) in [7, 11) is 0. The van der Waals surface area contributed by atoms with Gasteiger partial charge < -0.3 is 10.4 Å². The number of alkyl halides is 3. The summed E-state index contributed by atoms with van der Waals surface area (Å²) in [6.07, 6.45) is -1.25. The molecule has 0 atom stereocenters. The highest BCUT2D eigenvalue weighted by Gasteiger charge is 2.35. The Balaban J connectivity index is 2.24. The quantitative estimate of drug-likeness (QED) is 0.823. The number of nitrogens with one attached hydrogen (secondary N) is 1. The van der Waals surface area contributed by atoms with Crippen molar-refractivity contribution in [2.24, 2.45) is 5.92 Å². The molecule has 7 heteroatoms. The lowest BCUT2D eigenvalue weighted by Crippen LogP contribution is -2.45. The van der Waals surface area contributed by atoms with Crippen LogP contribution in [0.15, 0.2) is 12.1 Å². The lowest BCUT2D eigenvalue weighted by molar-refractivity contribution is -0.137. The van der Waals surface area contributed by atoms with Crippen molar-refractivity contribution in [3.63, 3.8) is 0 Å². The molecule has 0 spiro atoms. The highest BCUT2D eigenvalue weighted by molar-refractivity contribution is 6.29. The molecule has 0 saturated heterocycles. The van der Waals surface area contributed by atoms with Gasteiger partial charge in [0.15, 0.2) is 0 Å². The van der Waals surface area contributed by atoms with Crippen molar-refractivity contribution in [3.05, 3.63) is 22.8 Å². The molecular formula is C14H18ClF3N2O. The van der Waals surface area contributed by atoms with Gasteiger partial charge in [0.2, 0.25) is 0 Å². The topological polar surface area (TPSA) is 45.1 Å². The van der Waals surface area contributed by atoms with Crippen molar-refractivity contribution >= 4 is 17.4 Å². The average molecular weight is 323 g/mol. The molecule has 0 aliphatic heterocycles. The SMILES string of the molecule is CC1CCC(CO)(Nc2cc(C(F)(F)F)cc(Cl)n2)CC1. The van der Waals surface area contributed by atoms with Gasteiger partial charge in [-0.25, -0.2) is 4.98 Å². The van der Waals surface area contributed by atoms with Gasteiger partial charge in [-0.15, -0.1) is 0 Å². The van der Waals surface area contributed by atoms with Crippen LogP contribution in [0.1, 0.15) is 38.2 Å². The van der Waals surface area contributed by atoms with Gasteiger partial charge in [0.05, 0.1) is 17.7 Å². The van der Waals surface area contributed by atoms with E-state index < -0.39 is 17.3 Å². The monoisotopic (exact) mass is 322 g/mol. The Bertz CT molecular complexity index is 499. The minimum Gasteiger partial charge on any atom is -0.394 e. The van der Waals surface area contributed by atoms with E-state index in [-0.39, 0.29) is 17.6 Å². The summed E-state index contributed by atoms with van der Waals surface area (Å²) in [5.41, 5.74) is -1.46. The largest absolute Gasteiger partial charge is 0.416 e. The molecule has 0 aromatic carbocycles. The van der Waals surface area contributed by atoms with Crippen LogP contribution in [0.5, 0.6) is 0 Å². The Kier molecular flexibility index (Phi) is 4.68. The third kappa shape index (κ3) is 4.01. The van der Waals surface area contributed by atoms with Crippen LogP contribution in [0.2, 0.25) is 5.15 Å².